The summed E-state index contributed by atoms with van der Waals surface area (Å²) in [5, 5.41) is 1.13. The highest BCUT2D eigenvalue weighted by Crippen LogP contribution is 2.23. The molecule has 26 heavy (non-hydrogen) atoms. The minimum absolute atomic E-state index is 0.212. The first-order chi connectivity index (χ1) is 12.7. The maximum atomic E-state index is 12.7. The van der Waals surface area contributed by atoms with E-state index in [1.165, 1.54) is 19.3 Å². The highest BCUT2D eigenvalue weighted by atomic mass is 16.2. The van der Waals surface area contributed by atoms with E-state index in [-0.39, 0.29) is 5.92 Å². The van der Waals surface area contributed by atoms with Crippen LogP contribution in [0.5, 0.6) is 0 Å². The monoisotopic (exact) mass is 352 g/mol. The van der Waals surface area contributed by atoms with Crippen LogP contribution < -0.4 is 0 Å². The number of carbonyl (C=O) groups is 1. The van der Waals surface area contributed by atoms with Crippen molar-refractivity contribution >= 4 is 16.8 Å². The lowest BCUT2D eigenvalue weighted by Gasteiger charge is -2.35. The number of rotatable bonds is 3. The summed E-state index contributed by atoms with van der Waals surface area (Å²) in [5.41, 5.74) is 2.06. The summed E-state index contributed by atoms with van der Waals surface area (Å²) in [5.74, 6) is 1.49. The molecule has 0 saturated carbocycles. The van der Waals surface area contributed by atoms with Crippen molar-refractivity contribution in [2.75, 3.05) is 26.2 Å². The molecule has 2 saturated heterocycles. The standard InChI is InChI=1S/C21H28N4O/c1-16-18-7-3-4-8-19(18)23-20(22-16)15-24-13-9-17(10-14-24)21(26)25-11-5-2-6-12-25/h3-4,7-8,17H,2,5-6,9-15H2,1H3. The largest absolute Gasteiger partial charge is 0.342 e. The lowest BCUT2D eigenvalue weighted by atomic mass is 9.94. The van der Waals surface area contributed by atoms with Crippen molar-refractivity contribution in [2.45, 2.75) is 45.6 Å². The molecule has 0 aliphatic carbocycles. The van der Waals surface area contributed by atoms with Gasteiger partial charge in [0.25, 0.3) is 0 Å². The zero-order valence-electron chi connectivity index (χ0n) is 15.7. The highest BCUT2D eigenvalue weighted by molar-refractivity contribution is 5.80. The quantitative estimate of drug-likeness (QED) is 0.851. The van der Waals surface area contributed by atoms with Crippen LogP contribution in [-0.2, 0) is 11.3 Å². The number of likely N-dealkylation sites (tertiary alicyclic amines) is 2. The predicted molar refractivity (Wildman–Crippen MR) is 103 cm³/mol. The number of aryl methyl sites for hydroxylation is 1. The number of aromatic nitrogens is 2. The van der Waals surface area contributed by atoms with Crippen molar-refractivity contribution in [1.82, 2.24) is 19.8 Å². The first-order valence-electron chi connectivity index (χ1n) is 9.94. The summed E-state index contributed by atoms with van der Waals surface area (Å²) in [7, 11) is 0. The second-order valence-electron chi connectivity index (χ2n) is 7.68. The first-order valence-corrected chi connectivity index (χ1v) is 9.94. The average molecular weight is 352 g/mol. The summed E-state index contributed by atoms with van der Waals surface area (Å²) in [6.07, 6.45) is 5.53. The van der Waals surface area contributed by atoms with Crippen LogP contribution in [0.25, 0.3) is 10.9 Å². The molecule has 0 N–H and O–H groups in total. The zero-order chi connectivity index (χ0) is 17.9. The fourth-order valence-corrected chi connectivity index (χ4v) is 4.28. The van der Waals surface area contributed by atoms with E-state index in [1.807, 2.05) is 12.1 Å². The SMILES string of the molecule is Cc1nc(CN2CCC(C(=O)N3CCCCC3)CC2)nc2ccccc12. The lowest BCUT2D eigenvalue weighted by molar-refractivity contribution is -0.138. The van der Waals surface area contributed by atoms with Gasteiger partial charge in [-0.2, -0.15) is 0 Å². The van der Waals surface area contributed by atoms with E-state index >= 15 is 0 Å². The molecule has 0 spiro atoms. The first kappa shape index (κ1) is 17.4. The molecule has 138 valence electrons. The van der Waals surface area contributed by atoms with Gasteiger partial charge in [-0.25, -0.2) is 9.97 Å². The Labute approximate surface area is 155 Å². The van der Waals surface area contributed by atoms with Crippen LogP contribution in [0.2, 0.25) is 0 Å². The lowest BCUT2D eigenvalue weighted by Crippen LogP contribution is -2.44. The minimum atomic E-state index is 0.212. The van der Waals surface area contributed by atoms with Gasteiger partial charge in [0.15, 0.2) is 0 Å². The fraction of sp³-hybridized carbons (Fsp3) is 0.571. The summed E-state index contributed by atoms with van der Waals surface area (Å²) in [6.45, 7) is 6.67. The molecule has 2 aromatic rings. The molecule has 1 aromatic heterocycles. The summed E-state index contributed by atoms with van der Waals surface area (Å²) >= 11 is 0. The average Bonchev–Trinajstić information content (AvgIpc) is 2.69. The Morgan fingerprint density at radius 1 is 1.04 bits per heavy atom. The van der Waals surface area contributed by atoms with Crippen molar-refractivity contribution in [3.8, 4) is 0 Å². The molecule has 2 fully saturated rings. The van der Waals surface area contributed by atoms with Crippen LogP contribution in [0.15, 0.2) is 24.3 Å². The van der Waals surface area contributed by atoms with E-state index in [1.54, 1.807) is 0 Å². The number of amides is 1. The number of carbonyl (C=O) groups excluding carboxylic acids is 1. The van der Waals surface area contributed by atoms with Gasteiger partial charge in [0.1, 0.15) is 5.82 Å². The predicted octanol–water partition coefficient (Wildman–Crippen LogP) is 3.16. The molecule has 1 amide bonds. The molecule has 2 aliphatic heterocycles. The Bertz CT molecular complexity index is 777. The maximum absolute atomic E-state index is 12.7. The Kier molecular flexibility index (Phi) is 5.16. The molecule has 1 aromatic carbocycles. The number of nitrogens with zero attached hydrogens (tertiary/aromatic N) is 4. The van der Waals surface area contributed by atoms with Gasteiger partial charge in [0.05, 0.1) is 12.1 Å². The number of piperidine rings is 2. The van der Waals surface area contributed by atoms with Crippen LogP contribution in [0, 0.1) is 12.8 Å². The number of fused-ring (bicyclic) bond motifs is 1. The second kappa shape index (κ2) is 7.70. The van der Waals surface area contributed by atoms with Crippen LogP contribution in [0.1, 0.15) is 43.6 Å². The van der Waals surface area contributed by atoms with Crippen molar-refractivity contribution in [3.05, 3.63) is 35.8 Å². The number of para-hydroxylation sites is 1. The minimum Gasteiger partial charge on any atom is -0.342 e. The van der Waals surface area contributed by atoms with Crippen LogP contribution >= 0.6 is 0 Å². The van der Waals surface area contributed by atoms with Crippen molar-refractivity contribution < 1.29 is 4.79 Å². The number of hydrogen-bond donors (Lipinski definition) is 0. The van der Waals surface area contributed by atoms with Gasteiger partial charge < -0.3 is 4.90 Å². The van der Waals surface area contributed by atoms with E-state index in [0.29, 0.717) is 5.91 Å². The fourth-order valence-electron chi connectivity index (χ4n) is 4.28. The highest BCUT2D eigenvalue weighted by Gasteiger charge is 2.29. The Morgan fingerprint density at radius 2 is 1.77 bits per heavy atom. The molecule has 0 radical (unpaired) electrons. The van der Waals surface area contributed by atoms with Gasteiger partial charge in [0, 0.05) is 30.1 Å². The smallest absolute Gasteiger partial charge is 0.225 e. The second-order valence-corrected chi connectivity index (χ2v) is 7.68. The molecule has 3 heterocycles. The van der Waals surface area contributed by atoms with Gasteiger partial charge >= 0.3 is 0 Å². The third-order valence-electron chi connectivity index (χ3n) is 5.81. The molecule has 5 heteroatoms. The Morgan fingerprint density at radius 3 is 2.54 bits per heavy atom. The summed E-state index contributed by atoms with van der Waals surface area (Å²) in [4.78, 5) is 26.6. The molecule has 4 rings (SSSR count). The molecule has 2 aliphatic rings. The Hall–Kier alpha value is -2.01. The van der Waals surface area contributed by atoms with Crippen LogP contribution in [-0.4, -0.2) is 51.9 Å². The molecule has 0 unspecified atom stereocenters. The van der Waals surface area contributed by atoms with Crippen molar-refractivity contribution in [3.63, 3.8) is 0 Å². The maximum Gasteiger partial charge on any atom is 0.225 e. The normalized spacial score (nSPS) is 19.8. The molecule has 5 nitrogen and oxygen atoms in total. The molecule has 0 atom stereocenters. The number of benzene rings is 1. The topological polar surface area (TPSA) is 49.3 Å². The van der Waals surface area contributed by atoms with Gasteiger partial charge in [-0.05, 0) is 58.2 Å². The summed E-state index contributed by atoms with van der Waals surface area (Å²) in [6, 6.07) is 8.18. The van der Waals surface area contributed by atoms with Crippen LogP contribution in [0.3, 0.4) is 0 Å². The molecule has 0 bridgehead atoms. The molecular formula is C21H28N4O. The van der Waals surface area contributed by atoms with Gasteiger partial charge in [0.2, 0.25) is 5.91 Å². The van der Waals surface area contributed by atoms with Gasteiger partial charge in [-0.3, -0.25) is 9.69 Å². The zero-order valence-corrected chi connectivity index (χ0v) is 15.7. The van der Waals surface area contributed by atoms with Crippen molar-refractivity contribution in [2.24, 2.45) is 5.92 Å². The Balaban J connectivity index is 1.36. The van der Waals surface area contributed by atoms with E-state index in [9.17, 15) is 4.79 Å². The van der Waals surface area contributed by atoms with Crippen LogP contribution in [0.4, 0.5) is 0 Å². The summed E-state index contributed by atoms with van der Waals surface area (Å²) < 4.78 is 0. The van der Waals surface area contributed by atoms with E-state index in [4.69, 9.17) is 9.97 Å². The van der Waals surface area contributed by atoms with E-state index < -0.39 is 0 Å². The third-order valence-corrected chi connectivity index (χ3v) is 5.81. The third kappa shape index (κ3) is 3.73. The van der Waals surface area contributed by atoms with E-state index in [0.717, 1.165) is 68.0 Å². The van der Waals surface area contributed by atoms with Gasteiger partial charge in [-0.1, -0.05) is 18.2 Å². The molecular weight excluding hydrogens is 324 g/mol. The van der Waals surface area contributed by atoms with E-state index in [2.05, 4.69) is 28.9 Å². The number of hydrogen-bond acceptors (Lipinski definition) is 4. The van der Waals surface area contributed by atoms with Gasteiger partial charge in [-0.15, -0.1) is 0 Å². The van der Waals surface area contributed by atoms with Crippen molar-refractivity contribution in [1.29, 1.82) is 0 Å².